The summed E-state index contributed by atoms with van der Waals surface area (Å²) in [4.78, 5) is 41.6. The second kappa shape index (κ2) is 10.1. The average molecular weight is 425 g/mol. The fourth-order valence-electron chi connectivity index (χ4n) is 2.90. The summed E-state index contributed by atoms with van der Waals surface area (Å²) in [5.74, 6) is -0.242. The number of para-hydroxylation sites is 1. The first kappa shape index (κ1) is 21.6. The smallest absolute Gasteiger partial charge is 0.321 e. The lowest BCUT2D eigenvalue weighted by atomic mass is 10.2. The summed E-state index contributed by atoms with van der Waals surface area (Å²) in [6.45, 7) is 4.85. The summed E-state index contributed by atoms with van der Waals surface area (Å²) in [5, 5.41) is 5.97. The largest absolute Gasteiger partial charge is 0.334 e. The number of carbonyl (C=O) groups excluding carboxylic acids is 2. The summed E-state index contributed by atoms with van der Waals surface area (Å²) in [6.07, 6.45) is 0. The molecule has 1 aromatic heterocycles. The first-order chi connectivity index (χ1) is 14.4. The highest BCUT2D eigenvalue weighted by molar-refractivity contribution is 7.99. The Hall–Kier alpha value is -3.13. The lowest BCUT2D eigenvalue weighted by Crippen LogP contribution is -2.40. The zero-order valence-corrected chi connectivity index (χ0v) is 17.7. The maximum atomic E-state index is 12.9. The van der Waals surface area contributed by atoms with Crippen LogP contribution in [0, 0.1) is 5.92 Å². The Morgan fingerprint density at radius 1 is 1.07 bits per heavy atom. The van der Waals surface area contributed by atoms with Crippen molar-refractivity contribution < 1.29 is 9.59 Å². The number of hydrogen-bond donors (Lipinski definition) is 2. The van der Waals surface area contributed by atoms with Gasteiger partial charge in [-0.1, -0.05) is 68.1 Å². The number of hydrogen-bond acceptors (Lipinski definition) is 5. The van der Waals surface area contributed by atoms with Gasteiger partial charge in [-0.25, -0.2) is 9.78 Å². The van der Waals surface area contributed by atoms with Crippen molar-refractivity contribution in [3.63, 3.8) is 0 Å². The number of carbonyl (C=O) groups is 2. The summed E-state index contributed by atoms with van der Waals surface area (Å²) in [5.41, 5.74) is 1.40. The zero-order chi connectivity index (χ0) is 21.5. The van der Waals surface area contributed by atoms with E-state index in [0.717, 1.165) is 17.3 Å². The Balaban J connectivity index is 1.64. The van der Waals surface area contributed by atoms with E-state index in [2.05, 4.69) is 15.6 Å². The number of nitrogens with zero attached hydrogens (tertiary/aromatic N) is 2. The van der Waals surface area contributed by atoms with Crippen molar-refractivity contribution in [3.8, 4) is 0 Å². The third-order valence-corrected chi connectivity index (χ3v) is 5.23. The van der Waals surface area contributed by atoms with Crippen LogP contribution in [0.2, 0.25) is 0 Å². The number of rotatable bonds is 7. The van der Waals surface area contributed by atoms with Crippen LogP contribution < -0.4 is 16.2 Å². The summed E-state index contributed by atoms with van der Waals surface area (Å²) < 4.78 is 1.60. The minimum absolute atomic E-state index is 0.0262. The molecule has 0 spiro atoms. The van der Waals surface area contributed by atoms with Gasteiger partial charge in [-0.05, 0) is 23.6 Å². The van der Waals surface area contributed by atoms with E-state index >= 15 is 0 Å². The van der Waals surface area contributed by atoms with E-state index in [0.29, 0.717) is 29.1 Å². The molecule has 2 aromatic carbocycles. The molecule has 30 heavy (non-hydrogen) atoms. The Morgan fingerprint density at radius 2 is 1.77 bits per heavy atom. The molecule has 0 aliphatic carbocycles. The third-order valence-electron chi connectivity index (χ3n) is 4.26. The van der Waals surface area contributed by atoms with Crippen LogP contribution in [0.3, 0.4) is 0 Å². The molecular weight excluding hydrogens is 400 g/mol. The highest BCUT2D eigenvalue weighted by Gasteiger charge is 2.15. The van der Waals surface area contributed by atoms with Crippen LogP contribution in [-0.4, -0.2) is 27.2 Å². The van der Waals surface area contributed by atoms with Gasteiger partial charge in [-0.2, -0.15) is 0 Å². The van der Waals surface area contributed by atoms with Crippen molar-refractivity contribution in [1.29, 1.82) is 0 Å². The van der Waals surface area contributed by atoms with Crippen LogP contribution in [0.25, 0.3) is 10.9 Å². The van der Waals surface area contributed by atoms with E-state index in [-0.39, 0.29) is 17.2 Å². The second-order valence-corrected chi connectivity index (χ2v) is 8.17. The van der Waals surface area contributed by atoms with Crippen molar-refractivity contribution in [3.05, 3.63) is 70.5 Å². The minimum Gasteiger partial charge on any atom is -0.334 e. The molecular formula is C22H24N4O3S. The van der Waals surface area contributed by atoms with E-state index in [4.69, 9.17) is 0 Å². The summed E-state index contributed by atoms with van der Waals surface area (Å²) in [6, 6.07) is 16.0. The van der Waals surface area contributed by atoms with Gasteiger partial charge in [0.05, 0.1) is 16.7 Å². The molecule has 0 saturated carbocycles. The quantitative estimate of drug-likeness (QED) is 0.449. The van der Waals surface area contributed by atoms with Crippen LogP contribution in [0.15, 0.2) is 64.5 Å². The molecule has 0 unspecified atom stereocenters. The van der Waals surface area contributed by atoms with Gasteiger partial charge in [-0.15, -0.1) is 0 Å². The minimum atomic E-state index is -0.560. The summed E-state index contributed by atoms with van der Waals surface area (Å²) in [7, 11) is 0. The van der Waals surface area contributed by atoms with Crippen molar-refractivity contribution in [2.45, 2.75) is 32.1 Å². The highest BCUT2D eigenvalue weighted by atomic mass is 32.2. The number of thioether (sulfide) groups is 1. The van der Waals surface area contributed by atoms with Crippen LogP contribution in [0.5, 0.6) is 0 Å². The normalized spacial score (nSPS) is 10.9. The maximum Gasteiger partial charge on any atom is 0.321 e. The molecule has 0 bridgehead atoms. The molecule has 8 heteroatoms. The molecule has 156 valence electrons. The molecule has 0 aliphatic heterocycles. The SMILES string of the molecule is CC(C)Cn1c(SCC(=O)NC(=O)NCc2ccccc2)nc2ccccc2c1=O. The number of aromatic nitrogens is 2. The molecule has 7 nitrogen and oxygen atoms in total. The number of urea groups is 1. The van der Waals surface area contributed by atoms with E-state index in [1.54, 1.807) is 22.8 Å². The molecule has 0 saturated heterocycles. The molecule has 3 rings (SSSR count). The first-order valence-corrected chi connectivity index (χ1v) is 10.7. The van der Waals surface area contributed by atoms with E-state index in [1.807, 2.05) is 50.2 Å². The standard InChI is InChI=1S/C22H24N4O3S/c1-15(2)13-26-20(28)17-10-6-7-11-18(17)24-22(26)30-14-19(27)25-21(29)23-12-16-8-4-3-5-9-16/h3-11,15H,12-14H2,1-2H3,(H2,23,25,27,29). The fraction of sp³-hybridized carbons (Fsp3) is 0.273. The maximum absolute atomic E-state index is 12.9. The van der Waals surface area contributed by atoms with Gasteiger partial charge in [0, 0.05) is 13.1 Å². The van der Waals surface area contributed by atoms with Crippen LogP contribution in [-0.2, 0) is 17.9 Å². The van der Waals surface area contributed by atoms with Gasteiger partial charge in [0.25, 0.3) is 5.56 Å². The Bertz CT molecular complexity index is 1100. The molecule has 0 radical (unpaired) electrons. The lowest BCUT2D eigenvalue weighted by Gasteiger charge is -2.14. The summed E-state index contributed by atoms with van der Waals surface area (Å²) >= 11 is 1.14. The molecule has 3 aromatic rings. The Morgan fingerprint density at radius 3 is 2.50 bits per heavy atom. The number of fused-ring (bicyclic) bond motifs is 1. The Kier molecular flexibility index (Phi) is 7.24. The topological polar surface area (TPSA) is 93.1 Å². The van der Waals surface area contributed by atoms with Gasteiger partial charge in [0.2, 0.25) is 5.91 Å². The average Bonchev–Trinajstić information content (AvgIpc) is 2.73. The number of nitrogens with one attached hydrogen (secondary N) is 2. The molecule has 1 heterocycles. The number of amides is 3. The van der Waals surface area contributed by atoms with Crippen molar-refractivity contribution >= 4 is 34.6 Å². The van der Waals surface area contributed by atoms with E-state index < -0.39 is 11.9 Å². The van der Waals surface area contributed by atoms with E-state index in [9.17, 15) is 14.4 Å². The molecule has 2 N–H and O–H groups in total. The van der Waals surface area contributed by atoms with Gasteiger partial charge < -0.3 is 5.32 Å². The predicted octanol–water partition coefficient (Wildman–Crippen LogP) is 3.17. The molecule has 0 fully saturated rings. The van der Waals surface area contributed by atoms with Crippen LogP contribution in [0.1, 0.15) is 19.4 Å². The van der Waals surface area contributed by atoms with Gasteiger partial charge in [-0.3, -0.25) is 19.5 Å². The zero-order valence-electron chi connectivity index (χ0n) is 16.9. The number of imide groups is 1. The Labute approximate surface area is 178 Å². The second-order valence-electron chi connectivity index (χ2n) is 7.23. The lowest BCUT2D eigenvalue weighted by molar-refractivity contribution is -0.117. The monoisotopic (exact) mass is 424 g/mol. The predicted molar refractivity (Wildman–Crippen MR) is 118 cm³/mol. The molecule has 3 amide bonds. The van der Waals surface area contributed by atoms with Crippen molar-refractivity contribution in [2.24, 2.45) is 5.92 Å². The highest BCUT2D eigenvalue weighted by Crippen LogP contribution is 2.18. The first-order valence-electron chi connectivity index (χ1n) is 9.68. The van der Waals surface area contributed by atoms with Gasteiger partial charge in [0.15, 0.2) is 5.16 Å². The van der Waals surface area contributed by atoms with Gasteiger partial charge >= 0.3 is 6.03 Å². The van der Waals surface area contributed by atoms with Gasteiger partial charge in [0.1, 0.15) is 0 Å². The van der Waals surface area contributed by atoms with Crippen molar-refractivity contribution in [2.75, 3.05) is 5.75 Å². The molecule has 0 atom stereocenters. The molecule has 0 aliphatic rings. The van der Waals surface area contributed by atoms with Crippen molar-refractivity contribution in [1.82, 2.24) is 20.2 Å². The van der Waals surface area contributed by atoms with Crippen LogP contribution in [0.4, 0.5) is 4.79 Å². The third kappa shape index (κ3) is 5.70. The fourth-order valence-corrected chi connectivity index (χ4v) is 3.71. The van der Waals surface area contributed by atoms with Crippen LogP contribution >= 0.6 is 11.8 Å². The number of benzene rings is 2. The van der Waals surface area contributed by atoms with E-state index in [1.165, 1.54) is 0 Å².